The summed E-state index contributed by atoms with van der Waals surface area (Å²) in [6.45, 7) is 1.97. The fraction of sp³-hybridized carbons (Fsp3) is 0.318. The largest absolute Gasteiger partial charge is 0.389 e. The minimum Gasteiger partial charge on any atom is -0.389 e. The molecule has 146 valence electrons. The van der Waals surface area contributed by atoms with Crippen molar-refractivity contribution >= 4 is 34.8 Å². The van der Waals surface area contributed by atoms with Gasteiger partial charge >= 0.3 is 0 Å². The first-order valence-electron chi connectivity index (χ1n) is 9.65. The van der Waals surface area contributed by atoms with E-state index >= 15 is 0 Å². The Kier molecular flexibility index (Phi) is 3.50. The van der Waals surface area contributed by atoms with Crippen LogP contribution in [0.4, 0.5) is 5.69 Å². The molecule has 4 aliphatic rings. The molecule has 0 unspecified atom stereocenters. The Hall–Kier alpha value is -2.70. The molecule has 0 spiro atoms. The van der Waals surface area contributed by atoms with Gasteiger partial charge in [-0.15, -0.1) is 0 Å². The van der Waals surface area contributed by atoms with E-state index < -0.39 is 24.0 Å². The molecule has 0 aromatic heterocycles. The second-order valence-corrected chi connectivity index (χ2v) is 8.42. The van der Waals surface area contributed by atoms with Crippen LogP contribution in [0.1, 0.15) is 11.1 Å². The Bertz CT molecular complexity index is 1080. The smallest absolute Gasteiger partial charge is 0.240 e. The average Bonchev–Trinajstić information content (AvgIpc) is 3.44. The third-order valence-electron chi connectivity index (χ3n) is 6.48. The number of hydrogen-bond acceptors (Lipinski definition) is 5. The minimum absolute atomic E-state index is 0.208. The van der Waals surface area contributed by atoms with Gasteiger partial charge in [-0.25, -0.2) is 4.90 Å². The monoisotopic (exact) mass is 408 g/mol. The molecule has 4 heterocycles. The predicted octanol–water partition coefficient (Wildman–Crippen LogP) is 2.95. The molecule has 0 radical (unpaired) electrons. The number of fused-ring (bicyclic) bond motifs is 8. The van der Waals surface area contributed by atoms with Crippen LogP contribution in [-0.2, 0) is 19.2 Å². The first-order chi connectivity index (χ1) is 14.1. The number of ether oxygens (including phenoxy) is 1. The van der Waals surface area contributed by atoms with Crippen molar-refractivity contribution < 1.29 is 19.2 Å². The lowest BCUT2D eigenvalue weighted by Gasteiger charge is -2.26. The number of imide groups is 1. The van der Waals surface area contributed by atoms with E-state index in [1.165, 1.54) is 4.90 Å². The summed E-state index contributed by atoms with van der Waals surface area (Å²) in [5, 5.41) is 4.85. The van der Waals surface area contributed by atoms with Crippen LogP contribution in [0.25, 0.3) is 0 Å². The third kappa shape index (κ3) is 2.18. The van der Waals surface area contributed by atoms with Gasteiger partial charge in [0.1, 0.15) is 6.10 Å². The quantitative estimate of drug-likeness (QED) is 0.716. The van der Waals surface area contributed by atoms with Crippen LogP contribution in [0.2, 0.25) is 5.02 Å². The van der Waals surface area contributed by atoms with Crippen LogP contribution in [0, 0.1) is 24.7 Å². The number of halogens is 1. The lowest BCUT2D eigenvalue weighted by atomic mass is 9.71. The predicted molar refractivity (Wildman–Crippen MR) is 106 cm³/mol. The van der Waals surface area contributed by atoms with E-state index in [0.29, 0.717) is 16.4 Å². The summed E-state index contributed by atoms with van der Waals surface area (Å²) in [6, 6.07) is 14.8. The van der Waals surface area contributed by atoms with E-state index in [2.05, 4.69) is 5.16 Å². The van der Waals surface area contributed by atoms with Gasteiger partial charge in [0.25, 0.3) is 0 Å². The maximum atomic E-state index is 13.3. The zero-order chi connectivity index (χ0) is 19.9. The molecule has 0 N–H and O–H groups in total. The summed E-state index contributed by atoms with van der Waals surface area (Å²) in [5.41, 5.74) is 3.15. The Balaban J connectivity index is 1.37. The maximum absolute atomic E-state index is 13.3. The van der Waals surface area contributed by atoms with Crippen LogP contribution >= 0.6 is 11.6 Å². The number of anilines is 1. The molecule has 0 saturated carbocycles. The third-order valence-corrected chi connectivity index (χ3v) is 6.81. The summed E-state index contributed by atoms with van der Waals surface area (Å²) in [7, 11) is 0. The van der Waals surface area contributed by atoms with Gasteiger partial charge in [-0.2, -0.15) is 0 Å². The van der Waals surface area contributed by atoms with Crippen molar-refractivity contribution in [3.63, 3.8) is 0 Å². The molecule has 0 aliphatic carbocycles. The highest BCUT2D eigenvalue weighted by Crippen LogP contribution is 2.55. The minimum atomic E-state index is -0.532. The zero-order valence-corrected chi connectivity index (χ0v) is 16.2. The molecule has 6 rings (SSSR count). The second-order valence-electron chi connectivity index (χ2n) is 8.02. The van der Waals surface area contributed by atoms with Crippen molar-refractivity contribution in [1.29, 1.82) is 0 Å². The molecule has 6 atom stereocenters. The molecule has 2 amide bonds. The number of benzene rings is 2. The highest BCUT2D eigenvalue weighted by Gasteiger charge is 2.72. The molecule has 7 heteroatoms. The Morgan fingerprint density at radius 3 is 2.31 bits per heavy atom. The van der Waals surface area contributed by atoms with Crippen molar-refractivity contribution in [2.75, 3.05) is 4.90 Å². The van der Waals surface area contributed by atoms with Gasteiger partial charge in [0.05, 0.1) is 35.3 Å². The lowest BCUT2D eigenvalue weighted by Crippen LogP contribution is -2.45. The Morgan fingerprint density at radius 1 is 0.897 bits per heavy atom. The van der Waals surface area contributed by atoms with Crippen molar-refractivity contribution in [2.45, 2.75) is 25.2 Å². The number of hydrogen-bond donors (Lipinski definition) is 0. The van der Waals surface area contributed by atoms with E-state index in [0.717, 1.165) is 11.1 Å². The molecule has 29 heavy (non-hydrogen) atoms. The normalized spacial score (nSPS) is 34.3. The van der Waals surface area contributed by atoms with E-state index in [-0.39, 0.29) is 23.8 Å². The van der Waals surface area contributed by atoms with E-state index in [4.69, 9.17) is 21.2 Å². The van der Waals surface area contributed by atoms with Crippen molar-refractivity contribution in [3.05, 3.63) is 64.7 Å². The summed E-state index contributed by atoms with van der Waals surface area (Å²) < 4.78 is 6.12. The average molecular weight is 409 g/mol. The van der Waals surface area contributed by atoms with Gasteiger partial charge in [0, 0.05) is 10.6 Å². The standard InChI is InChI=1S/C22H17ClN2O4/c1-10-6-8-11(9-7-10)25-21(26)14-15(22(25)27)19-20-16(18(14)28-19)17(24-29-20)12-4-2-3-5-13(12)23/h2-9,14-16,18-20H,1H3/t14-,15+,16-,18-,19+,20-/m0/s1. The van der Waals surface area contributed by atoms with Gasteiger partial charge in [-0.3, -0.25) is 9.59 Å². The van der Waals surface area contributed by atoms with Gasteiger partial charge in [-0.1, -0.05) is 52.7 Å². The fourth-order valence-electron chi connectivity index (χ4n) is 5.20. The number of amides is 2. The van der Waals surface area contributed by atoms with Gasteiger partial charge in [0.15, 0.2) is 6.10 Å². The van der Waals surface area contributed by atoms with Crippen LogP contribution in [0.3, 0.4) is 0 Å². The molecular formula is C22H17ClN2O4. The summed E-state index contributed by atoms with van der Waals surface area (Å²) in [5.74, 6) is -1.69. The zero-order valence-electron chi connectivity index (χ0n) is 15.5. The Morgan fingerprint density at radius 2 is 1.59 bits per heavy atom. The van der Waals surface area contributed by atoms with Crippen LogP contribution in [0.15, 0.2) is 53.7 Å². The molecule has 3 saturated heterocycles. The Labute approximate surface area is 172 Å². The van der Waals surface area contributed by atoms with Gasteiger partial charge in [0.2, 0.25) is 11.8 Å². The lowest BCUT2D eigenvalue weighted by molar-refractivity contribution is -0.125. The van der Waals surface area contributed by atoms with Gasteiger partial charge in [-0.05, 0) is 25.1 Å². The molecular weight excluding hydrogens is 392 g/mol. The molecule has 2 bridgehead atoms. The second kappa shape index (κ2) is 5.90. The van der Waals surface area contributed by atoms with E-state index in [1.807, 2.05) is 49.4 Å². The van der Waals surface area contributed by atoms with Crippen molar-refractivity contribution in [3.8, 4) is 0 Å². The SMILES string of the molecule is Cc1ccc(N2C(=O)[C@@H]3[C@@H]4O[C@@H]([C@H]5ON=C(c6ccccc6Cl)[C@H]54)[C@@H]3C2=O)cc1. The highest BCUT2D eigenvalue weighted by atomic mass is 35.5. The van der Waals surface area contributed by atoms with E-state index in [1.54, 1.807) is 6.07 Å². The van der Waals surface area contributed by atoms with Crippen LogP contribution < -0.4 is 4.90 Å². The van der Waals surface area contributed by atoms with Crippen LogP contribution in [0.5, 0.6) is 0 Å². The fourth-order valence-corrected chi connectivity index (χ4v) is 5.43. The molecule has 2 aromatic rings. The van der Waals surface area contributed by atoms with Gasteiger partial charge < -0.3 is 9.57 Å². The first-order valence-corrected chi connectivity index (χ1v) is 10.0. The number of carbonyl (C=O) groups is 2. The number of carbonyl (C=O) groups excluding carboxylic acids is 2. The van der Waals surface area contributed by atoms with Crippen molar-refractivity contribution in [1.82, 2.24) is 0 Å². The summed E-state index contributed by atoms with van der Waals surface area (Å²) in [4.78, 5) is 33.5. The number of aryl methyl sites for hydroxylation is 1. The highest BCUT2D eigenvalue weighted by molar-refractivity contribution is 6.34. The van der Waals surface area contributed by atoms with Crippen LogP contribution in [-0.4, -0.2) is 35.8 Å². The number of nitrogens with zero attached hydrogens (tertiary/aromatic N) is 2. The van der Waals surface area contributed by atoms with Crippen molar-refractivity contribution in [2.24, 2.45) is 22.9 Å². The molecule has 6 nitrogen and oxygen atoms in total. The topological polar surface area (TPSA) is 68.2 Å². The summed E-state index contributed by atoms with van der Waals surface area (Å²) >= 11 is 6.37. The van der Waals surface area contributed by atoms with E-state index in [9.17, 15) is 9.59 Å². The first kappa shape index (κ1) is 17.2. The maximum Gasteiger partial charge on any atom is 0.240 e. The molecule has 4 aliphatic heterocycles. The number of oxime groups is 1. The summed E-state index contributed by atoms with van der Waals surface area (Å²) in [6.07, 6.45) is -1.30. The molecule has 2 aromatic carbocycles. The number of rotatable bonds is 2. The molecule has 3 fully saturated rings.